The van der Waals surface area contributed by atoms with Crippen molar-refractivity contribution in [3.8, 4) is 0 Å². The molecule has 10 heteroatoms. The average molecular weight is 455 g/mol. The highest BCUT2D eigenvalue weighted by atomic mass is 16.7. The number of likely N-dealkylation sites (tertiary alicyclic amines) is 1. The molecule has 0 radical (unpaired) electrons. The molecular formula is C22H36N4O6. The average Bonchev–Trinajstić information content (AvgIpc) is 3.02. The molecule has 2 atom stereocenters. The second-order valence-electron chi connectivity index (χ2n) is 9.34. The van der Waals surface area contributed by atoms with Crippen LogP contribution in [-0.4, -0.2) is 71.3 Å². The molecule has 2 saturated heterocycles. The van der Waals surface area contributed by atoms with E-state index in [9.17, 15) is 24.0 Å². The molecule has 180 valence electrons. The Morgan fingerprint density at radius 1 is 0.969 bits per heavy atom. The summed E-state index contributed by atoms with van der Waals surface area (Å²) in [4.78, 5) is 66.3. The van der Waals surface area contributed by atoms with Crippen molar-refractivity contribution in [2.24, 2.45) is 5.41 Å². The molecule has 2 fully saturated rings. The number of piperidine rings is 1. The van der Waals surface area contributed by atoms with Crippen LogP contribution in [0.5, 0.6) is 0 Å². The van der Waals surface area contributed by atoms with Gasteiger partial charge in [0.05, 0.1) is 11.8 Å². The lowest BCUT2D eigenvalue weighted by atomic mass is 9.88. The van der Waals surface area contributed by atoms with Gasteiger partial charge in [0.1, 0.15) is 0 Å². The minimum Gasteiger partial charge on any atom is -0.355 e. The predicted octanol–water partition coefficient (Wildman–Crippen LogP) is 0.895. The molecular weight excluding hydrogens is 418 g/mol. The molecule has 2 aliphatic heterocycles. The second kappa shape index (κ2) is 11.4. The fourth-order valence-electron chi connectivity index (χ4n) is 4.04. The third-order valence-corrected chi connectivity index (χ3v) is 6.06. The third-order valence-electron chi connectivity index (χ3n) is 6.06. The monoisotopic (exact) mass is 454 g/mol. The largest absolute Gasteiger partial charge is 0.355 e. The van der Waals surface area contributed by atoms with Gasteiger partial charge in [-0.05, 0) is 40.5 Å². The van der Waals surface area contributed by atoms with E-state index in [0.717, 1.165) is 12.8 Å². The Morgan fingerprint density at radius 2 is 1.53 bits per heavy atom. The standard InChI is InChI=1S/C22H36N4O6/c1-15-6-5-7-16(2)25(15)14-22(3,4)21(31)24-12-10-17(27)23-13-11-20(30)32-26-18(28)8-9-19(26)29/h15-16H,5-14H2,1-4H3,(H,23,27)(H,24,31)/i23+1,24+1. The Labute approximate surface area is 189 Å². The van der Waals surface area contributed by atoms with E-state index in [1.165, 1.54) is 6.42 Å². The summed E-state index contributed by atoms with van der Waals surface area (Å²) in [6.07, 6.45) is 3.46. The molecule has 2 heterocycles. The first kappa shape index (κ1) is 25.8. The first-order valence-electron chi connectivity index (χ1n) is 11.4. The van der Waals surface area contributed by atoms with Crippen molar-refractivity contribution in [1.82, 2.24) is 20.6 Å². The van der Waals surface area contributed by atoms with Crippen LogP contribution in [0.25, 0.3) is 0 Å². The van der Waals surface area contributed by atoms with Crippen LogP contribution >= 0.6 is 0 Å². The summed E-state index contributed by atoms with van der Waals surface area (Å²) < 4.78 is 0. The van der Waals surface area contributed by atoms with Gasteiger partial charge in [-0.1, -0.05) is 6.42 Å². The molecule has 0 aliphatic carbocycles. The maximum Gasteiger partial charge on any atom is 0.334 e. The van der Waals surface area contributed by atoms with Gasteiger partial charge in [-0.25, -0.2) is 4.79 Å². The van der Waals surface area contributed by atoms with E-state index in [4.69, 9.17) is 4.84 Å². The van der Waals surface area contributed by atoms with Crippen LogP contribution in [0.15, 0.2) is 0 Å². The van der Waals surface area contributed by atoms with Crippen molar-refractivity contribution in [1.29, 1.82) is 0 Å². The summed E-state index contributed by atoms with van der Waals surface area (Å²) in [5.41, 5.74) is -0.579. The zero-order valence-electron chi connectivity index (χ0n) is 19.6. The third kappa shape index (κ3) is 7.29. The van der Waals surface area contributed by atoms with Crippen LogP contribution in [0.1, 0.15) is 72.6 Å². The molecule has 2 N–H and O–H groups in total. The van der Waals surface area contributed by atoms with E-state index in [-0.39, 0.29) is 50.6 Å². The van der Waals surface area contributed by atoms with Gasteiger partial charge in [-0.2, -0.15) is 0 Å². The number of imide groups is 1. The highest BCUT2D eigenvalue weighted by molar-refractivity contribution is 6.01. The summed E-state index contributed by atoms with van der Waals surface area (Å²) >= 11 is 0. The lowest BCUT2D eigenvalue weighted by Crippen LogP contribution is -2.52. The summed E-state index contributed by atoms with van der Waals surface area (Å²) in [5, 5.41) is 5.87. The molecule has 0 bridgehead atoms. The normalized spacial score (nSPS) is 22.1. The molecule has 0 aromatic carbocycles. The zero-order valence-corrected chi connectivity index (χ0v) is 19.6. The first-order chi connectivity index (χ1) is 15.0. The number of rotatable bonds is 10. The van der Waals surface area contributed by atoms with E-state index < -0.39 is 23.2 Å². The molecule has 2 aliphatic rings. The van der Waals surface area contributed by atoms with Gasteiger partial charge in [0, 0.05) is 51.0 Å². The van der Waals surface area contributed by atoms with Gasteiger partial charge >= 0.3 is 5.97 Å². The topological polar surface area (TPSA) is 125 Å². The van der Waals surface area contributed by atoms with Gasteiger partial charge in [-0.15, -0.1) is 5.06 Å². The SMILES string of the molecule is CC1CCCC(C)N1CC(C)(C)C(=O)[15NH]CCC(=O)[15NH]CCC(=O)ON1C(=O)CCC1=O. The van der Waals surface area contributed by atoms with Crippen molar-refractivity contribution in [3.05, 3.63) is 0 Å². The Balaban J connectivity index is 1.64. The van der Waals surface area contributed by atoms with Gasteiger partial charge in [0.2, 0.25) is 11.8 Å². The highest BCUT2D eigenvalue weighted by Crippen LogP contribution is 2.27. The minimum atomic E-state index is -0.773. The van der Waals surface area contributed by atoms with Gasteiger partial charge in [0.25, 0.3) is 11.8 Å². The molecule has 0 spiro atoms. The van der Waals surface area contributed by atoms with E-state index in [0.29, 0.717) is 23.7 Å². The number of hydrogen-bond acceptors (Lipinski definition) is 7. The molecule has 2 unspecified atom stereocenters. The van der Waals surface area contributed by atoms with Crippen molar-refractivity contribution in [2.75, 3.05) is 19.6 Å². The molecule has 0 saturated carbocycles. The first-order valence-corrected chi connectivity index (χ1v) is 11.4. The Hall–Kier alpha value is -2.49. The van der Waals surface area contributed by atoms with Crippen LogP contribution in [0, 0.1) is 5.41 Å². The second-order valence-corrected chi connectivity index (χ2v) is 9.34. The maximum absolute atomic E-state index is 12.7. The maximum atomic E-state index is 12.7. The molecule has 32 heavy (non-hydrogen) atoms. The zero-order chi connectivity index (χ0) is 23.9. The van der Waals surface area contributed by atoms with E-state index in [1.807, 2.05) is 13.8 Å². The van der Waals surface area contributed by atoms with E-state index in [1.54, 1.807) is 0 Å². The van der Waals surface area contributed by atoms with Crippen LogP contribution in [0.4, 0.5) is 0 Å². The van der Waals surface area contributed by atoms with Crippen LogP contribution in [-0.2, 0) is 28.8 Å². The lowest BCUT2D eigenvalue weighted by Gasteiger charge is -2.42. The number of hydroxylamine groups is 2. The van der Waals surface area contributed by atoms with Crippen LogP contribution in [0.2, 0.25) is 0 Å². The highest BCUT2D eigenvalue weighted by Gasteiger charge is 2.35. The summed E-state index contributed by atoms with van der Waals surface area (Å²) in [5.74, 6) is -2.28. The Morgan fingerprint density at radius 3 is 2.12 bits per heavy atom. The Bertz CT molecular complexity index is 712. The summed E-state index contributed by atoms with van der Waals surface area (Å²) in [6, 6.07) is 0.898. The van der Waals surface area contributed by atoms with Crippen LogP contribution in [0.3, 0.4) is 0 Å². The Kier molecular flexibility index (Phi) is 9.18. The molecule has 4 amide bonds. The predicted molar refractivity (Wildman–Crippen MR) is 116 cm³/mol. The van der Waals surface area contributed by atoms with Crippen molar-refractivity contribution >= 4 is 29.6 Å². The molecule has 0 aromatic rings. The van der Waals surface area contributed by atoms with Crippen molar-refractivity contribution in [2.45, 2.75) is 84.7 Å². The molecule has 10 nitrogen and oxygen atoms in total. The number of hydrogen-bond donors (Lipinski definition) is 2. The van der Waals surface area contributed by atoms with Gasteiger partial charge < -0.3 is 15.5 Å². The van der Waals surface area contributed by atoms with Crippen molar-refractivity contribution in [3.63, 3.8) is 0 Å². The minimum absolute atomic E-state index is 0.0120. The number of amides is 4. The number of carbonyl (C=O) groups is 5. The van der Waals surface area contributed by atoms with Crippen LogP contribution < -0.4 is 10.6 Å². The molecule has 2 rings (SSSR count). The number of carbonyl (C=O) groups excluding carboxylic acids is 5. The van der Waals surface area contributed by atoms with E-state index >= 15 is 0 Å². The van der Waals surface area contributed by atoms with Gasteiger partial charge in [0.15, 0.2) is 0 Å². The smallest absolute Gasteiger partial charge is 0.334 e. The number of nitrogens with zero attached hydrogens (tertiary/aromatic N) is 2. The number of nitrogens with one attached hydrogen (secondary N) is 2. The van der Waals surface area contributed by atoms with Gasteiger partial charge in [-0.3, -0.25) is 24.1 Å². The summed E-state index contributed by atoms with van der Waals surface area (Å²) in [7, 11) is 0. The quantitative estimate of drug-likeness (QED) is 0.371. The van der Waals surface area contributed by atoms with E-state index in [2.05, 4.69) is 29.4 Å². The fraction of sp³-hybridized carbons (Fsp3) is 0.773. The molecule has 0 aromatic heterocycles. The fourth-order valence-corrected chi connectivity index (χ4v) is 4.04. The summed E-state index contributed by atoms with van der Waals surface area (Å²) in [6.45, 7) is 9.10. The lowest BCUT2D eigenvalue weighted by molar-refractivity contribution is -0.197. The van der Waals surface area contributed by atoms with Crippen molar-refractivity contribution < 1.29 is 28.8 Å².